The molecule has 0 saturated carbocycles. The van der Waals surface area contributed by atoms with Crippen molar-refractivity contribution in [2.75, 3.05) is 25.0 Å². The van der Waals surface area contributed by atoms with E-state index in [-0.39, 0.29) is 12.0 Å². The smallest absolute Gasteiger partial charge is 0.409 e. The Morgan fingerprint density at radius 2 is 2.00 bits per heavy atom. The molecule has 1 aliphatic rings. The van der Waals surface area contributed by atoms with Crippen molar-refractivity contribution >= 4 is 17.7 Å². The van der Waals surface area contributed by atoms with Crippen LogP contribution in [0.5, 0.6) is 11.5 Å². The molecule has 6 heteroatoms. The number of nitrogens with one attached hydrogen (secondary N) is 1. The van der Waals surface area contributed by atoms with Gasteiger partial charge in [0.2, 0.25) is 5.91 Å². The lowest BCUT2D eigenvalue weighted by atomic mass is 10.2. The first-order valence-corrected chi connectivity index (χ1v) is 8.66. The lowest BCUT2D eigenvalue weighted by molar-refractivity contribution is -0.116. The Labute approximate surface area is 152 Å². The Kier molecular flexibility index (Phi) is 5.73. The van der Waals surface area contributed by atoms with E-state index in [0.29, 0.717) is 44.0 Å². The minimum Gasteiger partial charge on any atom is -0.457 e. The number of hydrogen-bond donors (Lipinski definition) is 1. The first-order valence-electron chi connectivity index (χ1n) is 8.66. The highest BCUT2D eigenvalue weighted by molar-refractivity contribution is 5.90. The molecule has 0 aromatic heterocycles. The fourth-order valence-corrected chi connectivity index (χ4v) is 2.70. The molecular formula is C20H22N2O4. The molecule has 1 saturated heterocycles. The van der Waals surface area contributed by atoms with Crippen molar-refractivity contribution in [2.24, 2.45) is 0 Å². The summed E-state index contributed by atoms with van der Waals surface area (Å²) in [5.74, 6) is 1.41. The summed E-state index contributed by atoms with van der Waals surface area (Å²) in [6.07, 6.45) is 0.662. The van der Waals surface area contributed by atoms with E-state index in [0.717, 1.165) is 11.3 Å². The lowest BCUT2D eigenvalue weighted by Crippen LogP contribution is -2.26. The van der Waals surface area contributed by atoms with Crippen molar-refractivity contribution in [3.63, 3.8) is 0 Å². The number of carbonyl (C=O) groups excluding carboxylic acids is 2. The van der Waals surface area contributed by atoms with Crippen LogP contribution in [0.2, 0.25) is 0 Å². The number of nitrogens with zero attached hydrogens (tertiary/aromatic N) is 1. The molecule has 2 aromatic carbocycles. The zero-order chi connectivity index (χ0) is 18.4. The second-order valence-corrected chi connectivity index (χ2v) is 6.20. The van der Waals surface area contributed by atoms with E-state index >= 15 is 0 Å². The zero-order valence-electron chi connectivity index (χ0n) is 14.7. The van der Waals surface area contributed by atoms with Gasteiger partial charge >= 0.3 is 6.09 Å². The van der Waals surface area contributed by atoms with Crippen LogP contribution in [0.1, 0.15) is 18.4 Å². The second kappa shape index (κ2) is 8.38. The van der Waals surface area contributed by atoms with Gasteiger partial charge < -0.3 is 19.7 Å². The number of anilines is 1. The third-order valence-corrected chi connectivity index (χ3v) is 4.04. The van der Waals surface area contributed by atoms with Crippen LogP contribution >= 0.6 is 0 Å². The summed E-state index contributed by atoms with van der Waals surface area (Å²) in [4.78, 5) is 24.9. The van der Waals surface area contributed by atoms with Gasteiger partial charge in [0.05, 0.1) is 6.54 Å². The molecule has 136 valence electrons. The number of ether oxygens (including phenoxy) is 2. The molecule has 0 aliphatic carbocycles. The molecule has 26 heavy (non-hydrogen) atoms. The standard InChI is InChI=1S/C20H22N2O4/c1-15-4-2-5-18(14-15)26-17-9-7-16(8-10-17)21-19(23)6-3-11-22-12-13-25-20(22)24/h2,4-5,7-10,14H,3,6,11-13H2,1H3,(H,21,23). The van der Waals surface area contributed by atoms with Crippen molar-refractivity contribution in [3.05, 3.63) is 54.1 Å². The van der Waals surface area contributed by atoms with Gasteiger partial charge in [-0.15, -0.1) is 0 Å². The van der Waals surface area contributed by atoms with Gasteiger partial charge in [0.1, 0.15) is 18.1 Å². The highest BCUT2D eigenvalue weighted by Gasteiger charge is 2.21. The summed E-state index contributed by atoms with van der Waals surface area (Å²) in [6, 6.07) is 15.1. The quantitative estimate of drug-likeness (QED) is 0.817. The van der Waals surface area contributed by atoms with Gasteiger partial charge in [0.15, 0.2) is 0 Å². The Morgan fingerprint density at radius 1 is 1.19 bits per heavy atom. The van der Waals surface area contributed by atoms with Crippen molar-refractivity contribution in [3.8, 4) is 11.5 Å². The first-order chi connectivity index (χ1) is 12.6. The van der Waals surface area contributed by atoms with Gasteiger partial charge in [-0.1, -0.05) is 12.1 Å². The molecule has 0 atom stereocenters. The van der Waals surface area contributed by atoms with Gasteiger partial charge in [-0.3, -0.25) is 4.79 Å². The molecule has 1 N–H and O–H groups in total. The third-order valence-electron chi connectivity index (χ3n) is 4.04. The topological polar surface area (TPSA) is 67.9 Å². The SMILES string of the molecule is Cc1cccc(Oc2ccc(NC(=O)CCCN3CCOC3=O)cc2)c1. The summed E-state index contributed by atoms with van der Waals surface area (Å²) in [7, 11) is 0. The van der Waals surface area contributed by atoms with Gasteiger partial charge in [-0.05, 0) is 55.3 Å². The van der Waals surface area contributed by atoms with Gasteiger partial charge in [0, 0.05) is 18.7 Å². The maximum absolute atomic E-state index is 12.0. The molecule has 3 rings (SSSR count). The molecule has 0 radical (unpaired) electrons. The molecule has 1 fully saturated rings. The normalized spacial score (nSPS) is 13.4. The number of carbonyl (C=O) groups is 2. The molecule has 0 unspecified atom stereocenters. The van der Waals surface area contributed by atoms with Crippen molar-refractivity contribution in [1.29, 1.82) is 0 Å². The van der Waals surface area contributed by atoms with Crippen molar-refractivity contribution < 1.29 is 19.1 Å². The number of benzene rings is 2. The number of rotatable bonds is 7. The van der Waals surface area contributed by atoms with E-state index in [2.05, 4.69) is 5.32 Å². The average Bonchev–Trinajstić information content (AvgIpc) is 3.02. The van der Waals surface area contributed by atoms with Crippen LogP contribution in [-0.4, -0.2) is 36.6 Å². The minimum atomic E-state index is -0.297. The zero-order valence-corrected chi connectivity index (χ0v) is 14.7. The summed E-state index contributed by atoms with van der Waals surface area (Å²) in [5, 5.41) is 2.85. The minimum absolute atomic E-state index is 0.0788. The van der Waals surface area contributed by atoms with Crippen LogP contribution in [0.25, 0.3) is 0 Å². The molecular weight excluding hydrogens is 332 g/mol. The van der Waals surface area contributed by atoms with E-state index in [1.807, 2.05) is 43.3 Å². The van der Waals surface area contributed by atoms with Crippen LogP contribution < -0.4 is 10.1 Å². The maximum atomic E-state index is 12.0. The monoisotopic (exact) mass is 354 g/mol. The fourth-order valence-electron chi connectivity index (χ4n) is 2.70. The van der Waals surface area contributed by atoms with E-state index < -0.39 is 0 Å². The lowest BCUT2D eigenvalue weighted by Gasteiger charge is -2.12. The summed E-state index contributed by atoms with van der Waals surface area (Å²) >= 11 is 0. The number of hydrogen-bond acceptors (Lipinski definition) is 4. The molecule has 0 bridgehead atoms. The van der Waals surface area contributed by atoms with Crippen LogP contribution in [0.4, 0.5) is 10.5 Å². The maximum Gasteiger partial charge on any atom is 0.409 e. The van der Waals surface area contributed by atoms with Crippen LogP contribution in [0, 0.1) is 6.92 Å². The molecule has 0 spiro atoms. The van der Waals surface area contributed by atoms with Crippen LogP contribution in [-0.2, 0) is 9.53 Å². The summed E-state index contributed by atoms with van der Waals surface area (Å²) in [6.45, 7) is 3.58. The Morgan fingerprint density at radius 3 is 2.69 bits per heavy atom. The molecule has 1 aliphatic heterocycles. The molecule has 1 heterocycles. The second-order valence-electron chi connectivity index (χ2n) is 6.20. The highest BCUT2D eigenvalue weighted by atomic mass is 16.6. The van der Waals surface area contributed by atoms with E-state index in [9.17, 15) is 9.59 Å². The predicted octanol–water partition coefficient (Wildman–Crippen LogP) is 3.96. The largest absolute Gasteiger partial charge is 0.457 e. The third kappa shape index (κ3) is 4.99. The Bertz CT molecular complexity index is 774. The first kappa shape index (κ1) is 17.8. The highest BCUT2D eigenvalue weighted by Crippen LogP contribution is 2.23. The van der Waals surface area contributed by atoms with Gasteiger partial charge in [-0.2, -0.15) is 0 Å². The number of amides is 2. The van der Waals surface area contributed by atoms with E-state index in [4.69, 9.17) is 9.47 Å². The van der Waals surface area contributed by atoms with E-state index in [1.165, 1.54) is 0 Å². The average molecular weight is 354 g/mol. The number of aryl methyl sites for hydroxylation is 1. The number of cyclic esters (lactones) is 1. The Hall–Kier alpha value is -3.02. The molecule has 2 amide bonds. The van der Waals surface area contributed by atoms with Crippen LogP contribution in [0.15, 0.2) is 48.5 Å². The van der Waals surface area contributed by atoms with Gasteiger partial charge in [-0.25, -0.2) is 4.79 Å². The van der Waals surface area contributed by atoms with E-state index in [1.54, 1.807) is 17.0 Å². The Balaban J connectivity index is 1.44. The van der Waals surface area contributed by atoms with Crippen LogP contribution in [0.3, 0.4) is 0 Å². The molecule has 6 nitrogen and oxygen atoms in total. The summed E-state index contributed by atoms with van der Waals surface area (Å²) < 4.78 is 10.6. The predicted molar refractivity (Wildman–Crippen MR) is 98.5 cm³/mol. The molecule has 2 aromatic rings. The van der Waals surface area contributed by atoms with Crippen molar-refractivity contribution in [1.82, 2.24) is 4.90 Å². The van der Waals surface area contributed by atoms with Crippen molar-refractivity contribution in [2.45, 2.75) is 19.8 Å². The van der Waals surface area contributed by atoms with Gasteiger partial charge in [0.25, 0.3) is 0 Å². The summed E-state index contributed by atoms with van der Waals surface area (Å²) in [5.41, 5.74) is 1.85. The fraction of sp³-hybridized carbons (Fsp3) is 0.300.